The molecule has 2 rings (SSSR count). The third-order valence-corrected chi connectivity index (χ3v) is 2.17. The van der Waals surface area contributed by atoms with E-state index < -0.39 is 0 Å². The first kappa shape index (κ1) is 5.23. The molecule has 1 aromatic rings. The summed E-state index contributed by atoms with van der Waals surface area (Å²) < 4.78 is 5.32. The molecular weight excluding hydrogens is 134 g/mol. The molecule has 0 fully saturated rings. The normalized spacial score (nSPS) is 16.4. The molecule has 3 heteroatoms. The van der Waals surface area contributed by atoms with Crippen LogP contribution in [0.3, 0.4) is 0 Å². The van der Waals surface area contributed by atoms with E-state index >= 15 is 0 Å². The van der Waals surface area contributed by atoms with Gasteiger partial charge in [-0.1, -0.05) is 11.3 Å². The summed E-state index contributed by atoms with van der Waals surface area (Å²) in [6, 6.07) is 0. The summed E-state index contributed by atoms with van der Waals surface area (Å²) in [5.41, 5.74) is 2.99. The Kier molecular flexibility index (Phi) is 1.16. The molecule has 1 aliphatic rings. The van der Waals surface area contributed by atoms with Gasteiger partial charge in [0.1, 0.15) is 0 Å². The minimum atomic E-state index is 0.870. The molecule has 0 unspecified atom stereocenters. The fourth-order valence-electron chi connectivity index (χ4n) is 0.947. The molecule has 0 aromatic carbocycles. The van der Waals surface area contributed by atoms with Crippen LogP contribution in [-0.2, 0) is 6.42 Å². The van der Waals surface area contributed by atoms with Gasteiger partial charge in [0.2, 0.25) is 0 Å². The van der Waals surface area contributed by atoms with Gasteiger partial charge in [0.15, 0.2) is 5.06 Å². The molecule has 2 nitrogen and oxygen atoms in total. The SMILES string of the molecule is c1nc2c(s1)OCCC2. The molecule has 0 N–H and O–H groups in total. The smallest absolute Gasteiger partial charge is 0.197 e. The Morgan fingerprint density at radius 3 is 3.56 bits per heavy atom. The highest BCUT2D eigenvalue weighted by Gasteiger charge is 2.11. The van der Waals surface area contributed by atoms with Crippen molar-refractivity contribution >= 4 is 11.3 Å². The summed E-state index contributed by atoms with van der Waals surface area (Å²) in [5.74, 6) is 0. The first-order valence-electron chi connectivity index (χ1n) is 3.02. The van der Waals surface area contributed by atoms with E-state index in [2.05, 4.69) is 4.98 Å². The summed E-state index contributed by atoms with van der Waals surface area (Å²) in [4.78, 5) is 4.15. The Morgan fingerprint density at radius 1 is 1.67 bits per heavy atom. The summed E-state index contributed by atoms with van der Waals surface area (Å²) in [6.45, 7) is 0.870. The van der Waals surface area contributed by atoms with E-state index in [-0.39, 0.29) is 0 Å². The van der Waals surface area contributed by atoms with E-state index in [1.165, 1.54) is 0 Å². The zero-order chi connectivity index (χ0) is 6.10. The van der Waals surface area contributed by atoms with Gasteiger partial charge in [0.25, 0.3) is 0 Å². The van der Waals surface area contributed by atoms with E-state index in [1.54, 1.807) is 11.3 Å². The number of fused-ring (bicyclic) bond motifs is 1. The predicted molar refractivity (Wildman–Crippen MR) is 35.9 cm³/mol. The van der Waals surface area contributed by atoms with Crippen LogP contribution in [0.25, 0.3) is 0 Å². The molecule has 0 amide bonds. The van der Waals surface area contributed by atoms with E-state index in [1.807, 2.05) is 5.51 Å². The number of thiazole rings is 1. The topological polar surface area (TPSA) is 22.1 Å². The molecule has 0 atom stereocenters. The number of ether oxygens (including phenoxy) is 1. The predicted octanol–water partition coefficient (Wildman–Crippen LogP) is 1.47. The number of aromatic nitrogens is 1. The van der Waals surface area contributed by atoms with Crippen molar-refractivity contribution in [1.29, 1.82) is 0 Å². The van der Waals surface area contributed by atoms with Crippen LogP contribution in [0.1, 0.15) is 12.1 Å². The number of aryl methyl sites for hydroxylation is 1. The minimum absolute atomic E-state index is 0.870. The van der Waals surface area contributed by atoms with Crippen LogP contribution in [0.5, 0.6) is 5.06 Å². The van der Waals surface area contributed by atoms with Gasteiger partial charge in [0.05, 0.1) is 17.8 Å². The zero-order valence-corrected chi connectivity index (χ0v) is 5.78. The Labute approximate surface area is 57.5 Å². The molecule has 0 radical (unpaired) electrons. The number of hydrogen-bond acceptors (Lipinski definition) is 3. The highest BCUT2D eigenvalue weighted by atomic mass is 32.1. The Bertz CT molecular complexity index is 188. The zero-order valence-electron chi connectivity index (χ0n) is 4.96. The quantitative estimate of drug-likeness (QED) is 0.545. The van der Waals surface area contributed by atoms with Crippen molar-refractivity contribution < 1.29 is 4.74 Å². The second-order valence-corrected chi connectivity index (χ2v) is 2.86. The molecular formula is C6H7NOS. The molecule has 0 saturated heterocycles. The van der Waals surface area contributed by atoms with Crippen LogP contribution >= 0.6 is 11.3 Å². The minimum Gasteiger partial charge on any atom is -0.483 e. The summed E-state index contributed by atoms with van der Waals surface area (Å²) in [7, 11) is 0. The lowest BCUT2D eigenvalue weighted by Crippen LogP contribution is -2.06. The van der Waals surface area contributed by atoms with Crippen molar-refractivity contribution in [3.63, 3.8) is 0 Å². The highest BCUT2D eigenvalue weighted by Crippen LogP contribution is 2.27. The lowest BCUT2D eigenvalue weighted by Gasteiger charge is -2.09. The van der Waals surface area contributed by atoms with Crippen molar-refractivity contribution in [2.24, 2.45) is 0 Å². The largest absolute Gasteiger partial charge is 0.483 e. The lowest BCUT2D eigenvalue weighted by atomic mass is 10.2. The van der Waals surface area contributed by atoms with Gasteiger partial charge in [-0.15, -0.1) is 0 Å². The van der Waals surface area contributed by atoms with Crippen LogP contribution in [0, 0.1) is 0 Å². The number of nitrogens with zero attached hydrogens (tertiary/aromatic N) is 1. The van der Waals surface area contributed by atoms with Gasteiger partial charge >= 0.3 is 0 Å². The molecule has 1 aromatic heterocycles. The van der Waals surface area contributed by atoms with Crippen LogP contribution in [0.15, 0.2) is 5.51 Å². The summed E-state index contributed by atoms with van der Waals surface area (Å²) in [5, 5.41) is 1.03. The third kappa shape index (κ3) is 0.812. The fraction of sp³-hybridized carbons (Fsp3) is 0.500. The molecule has 0 aliphatic carbocycles. The van der Waals surface area contributed by atoms with Crippen molar-refractivity contribution in [3.05, 3.63) is 11.2 Å². The van der Waals surface area contributed by atoms with Crippen LogP contribution in [0.2, 0.25) is 0 Å². The molecule has 0 saturated carbocycles. The monoisotopic (exact) mass is 141 g/mol. The van der Waals surface area contributed by atoms with Gasteiger partial charge in [0, 0.05) is 0 Å². The van der Waals surface area contributed by atoms with E-state index in [4.69, 9.17) is 4.74 Å². The Morgan fingerprint density at radius 2 is 2.67 bits per heavy atom. The standard InChI is InChI=1S/C6H7NOS/c1-2-5-6(8-3-1)9-4-7-5/h4H,1-3H2. The van der Waals surface area contributed by atoms with Crippen molar-refractivity contribution in [1.82, 2.24) is 4.98 Å². The number of rotatable bonds is 0. The molecule has 0 spiro atoms. The maximum absolute atomic E-state index is 5.32. The average molecular weight is 141 g/mol. The maximum atomic E-state index is 5.32. The van der Waals surface area contributed by atoms with Crippen LogP contribution < -0.4 is 4.74 Å². The average Bonchev–Trinajstić information content (AvgIpc) is 2.33. The summed E-state index contributed by atoms with van der Waals surface area (Å²) in [6.07, 6.45) is 2.22. The first-order chi connectivity index (χ1) is 4.47. The third-order valence-electron chi connectivity index (χ3n) is 1.39. The molecule has 2 heterocycles. The van der Waals surface area contributed by atoms with Gasteiger partial charge in [-0.25, -0.2) is 4.98 Å². The van der Waals surface area contributed by atoms with Gasteiger partial charge < -0.3 is 4.74 Å². The lowest BCUT2D eigenvalue weighted by molar-refractivity contribution is 0.295. The fourth-order valence-corrected chi connectivity index (χ4v) is 1.66. The van der Waals surface area contributed by atoms with Crippen LogP contribution in [0.4, 0.5) is 0 Å². The second kappa shape index (κ2) is 1.99. The van der Waals surface area contributed by atoms with E-state index in [0.29, 0.717) is 0 Å². The van der Waals surface area contributed by atoms with Crippen molar-refractivity contribution in [2.45, 2.75) is 12.8 Å². The molecule has 0 bridgehead atoms. The summed E-state index contributed by atoms with van der Waals surface area (Å²) >= 11 is 1.59. The molecule has 1 aliphatic heterocycles. The second-order valence-electron chi connectivity index (χ2n) is 2.04. The van der Waals surface area contributed by atoms with Crippen molar-refractivity contribution in [3.8, 4) is 5.06 Å². The first-order valence-corrected chi connectivity index (χ1v) is 3.90. The van der Waals surface area contributed by atoms with Crippen molar-refractivity contribution in [2.75, 3.05) is 6.61 Å². The van der Waals surface area contributed by atoms with Gasteiger partial charge in [-0.05, 0) is 12.8 Å². The van der Waals surface area contributed by atoms with E-state index in [9.17, 15) is 0 Å². The highest BCUT2D eigenvalue weighted by molar-refractivity contribution is 7.11. The maximum Gasteiger partial charge on any atom is 0.197 e. The van der Waals surface area contributed by atoms with Gasteiger partial charge in [-0.3, -0.25) is 0 Å². The Balaban J connectivity index is 2.39. The van der Waals surface area contributed by atoms with Crippen LogP contribution in [-0.4, -0.2) is 11.6 Å². The molecule has 9 heavy (non-hydrogen) atoms. The Hall–Kier alpha value is -0.570. The molecule has 48 valence electrons. The number of hydrogen-bond donors (Lipinski definition) is 0. The van der Waals surface area contributed by atoms with E-state index in [0.717, 1.165) is 30.2 Å². The van der Waals surface area contributed by atoms with Gasteiger partial charge in [-0.2, -0.15) is 0 Å².